The Bertz CT molecular complexity index is 481. The molecule has 4 nitrogen and oxygen atoms in total. The number of sulfonamides is 1. The molecule has 17 heavy (non-hydrogen) atoms. The molecule has 96 valence electrons. The van der Waals surface area contributed by atoms with Crippen LogP contribution < -0.4 is 0 Å². The van der Waals surface area contributed by atoms with Crippen LogP contribution in [0.25, 0.3) is 0 Å². The summed E-state index contributed by atoms with van der Waals surface area (Å²) in [5, 5.41) is 0. The fraction of sp³-hybridized carbons (Fsp3) is 0.636. The summed E-state index contributed by atoms with van der Waals surface area (Å²) in [4.78, 5) is 1.10. The van der Waals surface area contributed by atoms with Gasteiger partial charge in [0, 0.05) is 18.0 Å². The maximum absolute atomic E-state index is 12.3. The maximum atomic E-state index is 12.3. The quantitative estimate of drug-likeness (QED) is 0.844. The Morgan fingerprint density at radius 2 is 2.29 bits per heavy atom. The fourth-order valence-electron chi connectivity index (χ4n) is 1.82. The van der Waals surface area contributed by atoms with E-state index in [0.29, 0.717) is 23.9 Å². The Balaban J connectivity index is 2.23. The number of nitrogens with zero attached hydrogens (tertiary/aromatic N) is 1. The van der Waals surface area contributed by atoms with Crippen LogP contribution in [0.15, 0.2) is 16.3 Å². The third-order valence-corrected chi connectivity index (χ3v) is 6.35. The topological polar surface area (TPSA) is 46.6 Å². The van der Waals surface area contributed by atoms with Gasteiger partial charge in [0.25, 0.3) is 10.0 Å². The van der Waals surface area contributed by atoms with E-state index in [1.54, 1.807) is 6.07 Å². The molecule has 6 heteroatoms. The average molecular weight is 275 g/mol. The van der Waals surface area contributed by atoms with Gasteiger partial charge in [-0.1, -0.05) is 6.92 Å². The molecule has 1 aromatic heterocycles. The van der Waals surface area contributed by atoms with E-state index in [4.69, 9.17) is 4.74 Å². The molecule has 0 N–H and O–H groups in total. The first-order valence-corrected chi connectivity index (χ1v) is 8.00. The van der Waals surface area contributed by atoms with Crippen molar-refractivity contribution in [2.24, 2.45) is 0 Å². The van der Waals surface area contributed by atoms with Gasteiger partial charge in [-0.25, -0.2) is 8.42 Å². The fourth-order valence-corrected chi connectivity index (χ4v) is 4.77. The van der Waals surface area contributed by atoms with Crippen LogP contribution in [0.3, 0.4) is 0 Å². The first kappa shape index (κ1) is 13.0. The first-order valence-electron chi connectivity index (χ1n) is 5.74. The van der Waals surface area contributed by atoms with E-state index in [1.165, 1.54) is 15.6 Å². The normalized spacial score (nSPS) is 22.8. The smallest absolute Gasteiger partial charge is 0.252 e. The van der Waals surface area contributed by atoms with Gasteiger partial charge in [-0.05, 0) is 25.5 Å². The predicted octanol–water partition coefficient (Wildman–Crippen LogP) is 1.72. The molecule has 0 spiro atoms. The highest BCUT2D eigenvalue weighted by Crippen LogP contribution is 2.26. The summed E-state index contributed by atoms with van der Waals surface area (Å²) in [6, 6.07) is 3.60. The van der Waals surface area contributed by atoms with Crippen LogP contribution >= 0.6 is 11.3 Å². The number of hydrogen-bond donors (Lipinski definition) is 0. The van der Waals surface area contributed by atoms with Crippen LogP contribution in [-0.4, -0.2) is 38.5 Å². The average Bonchev–Trinajstić information content (AvgIpc) is 2.78. The lowest BCUT2D eigenvalue weighted by molar-refractivity contribution is 0.0102. The van der Waals surface area contributed by atoms with E-state index in [0.717, 1.165) is 11.3 Å². The third kappa shape index (κ3) is 2.70. The third-order valence-electron chi connectivity index (χ3n) is 2.78. The molecule has 2 heterocycles. The van der Waals surface area contributed by atoms with Crippen molar-refractivity contribution in [2.75, 3.05) is 19.7 Å². The highest BCUT2D eigenvalue weighted by Gasteiger charge is 2.30. The van der Waals surface area contributed by atoms with Crippen LogP contribution in [0.1, 0.15) is 18.7 Å². The molecule has 1 saturated heterocycles. The monoisotopic (exact) mass is 275 g/mol. The minimum atomic E-state index is -3.31. The zero-order valence-corrected chi connectivity index (χ0v) is 11.7. The number of aryl methyl sites for hydroxylation is 1. The van der Waals surface area contributed by atoms with Gasteiger partial charge >= 0.3 is 0 Å². The molecule has 2 rings (SSSR count). The van der Waals surface area contributed by atoms with Gasteiger partial charge in [0.2, 0.25) is 0 Å². The number of ether oxygens (including phenoxy) is 1. The minimum absolute atomic E-state index is 0.0240. The molecule has 0 aromatic carbocycles. The lowest BCUT2D eigenvalue weighted by Crippen LogP contribution is -2.44. The summed E-state index contributed by atoms with van der Waals surface area (Å²) in [5.74, 6) is 0. The van der Waals surface area contributed by atoms with Crippen molar-refractivity contribution in [1.82, 2.24) is 4.31 Å². The van der Waals surface area contributed by atoms with Crippen LogP contribution in [0.4, 0.5) is 0 Å². The standard InChI is InChI=1S/C11H17NO3S2/c1-3-10-4-5-11(16-10)17(13,14)12-6-7-15-9(2)8-12/h4-5,9H,3,6-8H2,1-2H3. The van der Waals surface area contributed by atoms with E-state index in [1.807, 2.05) is 19.9 Å². The van der Waals surface area contributed by atoms with Crippen LogP contribution in [0.5, 0.6) is 0 Å². The van der Waals surface area contributed by atoms with E-state index in [2.05, 4.69) is 0 Å². The van der Waals surface area contributed by atoms with Crippen LogP contribution in [0, 0.1) is 0 Å². The van der Waals surface area contributed by atoms with Gasteiger partial charge in [0.1, 0.15) is 4.21 Å². The number of rotatable bonds is 3. The second-order valence-corrected chi connectivity index (χ2v) is 7.45. The molecule has 1 unspecified atom stereocenters. The molecule has 0 aliphatic carbocycles. The number of thiophene rings is 1. The van der Waals surface area contributed by atoms with E-state index in [9.17, 15) is 8.42 Å². The largest absolute Gasteiger partial charge is 0.376 e. The Hall–Kier alpha value is -0.430. The summed E-state index contributed by atoms with van der Waals surface area (Å²) in [6.07, 6.45) is 0.851. The van der Waals surface area contributed by atoms with Gasteiger partial charge in [0.15, 0.2) is 0 Å². The van der Waals surface area contributed by atoms with Crippen molar-refractivity contribution in [1.29, 1.82) is 0 Å². The van der Waals surface area contributed by atoms with Crippen molar-refractivity contribution in [3.8, 4) is 0 Å². The molecule has 1 fully saturated rings. The second kappa shape index (κ2) is 5.06. The molecule has 0 bridgehead atoms. The Morgan fingerprint density at radius 1 is 1.53 bits per heavy atom. The van der Waals surface area contributed by atoms with E-state index < -0.39 is 10.0 Å². The van der Waals surface area contributed by atoms with Crippen molar-refractivity contribution in [2.45, 2.75) is 30.6 Å². The van der Waals surface area contributed by atoms with E-state index in [-0.39, 0.29) is 6.10 Å². The zero-order chi connectivity index (χ0) is 12.5. The Labute approximate surface area is 106 Å². The molecule has 1 aliphatic heterocycles. The second-order valence-electron chi connectivity index (χ2n) is 4.12. The van der Waals surface area contributed by atoms with E-state index >= 15 is 0 Å². The minimum Gasteiger partial charge on any atom is -0.376 e. The molecule has 1 atom stereocenters. The Kier molecular flexibility index (Phi) is 3.87. The molecule has 1 aromatic rings. The zero-order valence-electron chi connectivity index (χ0n) is 10.0. The van der Waals surface area contributed by atoms with Crippen molar-refractivity contribution in [3.63, 3.8) is 0 Å². The van der Waals surface area contributed by atoms with Crippen LogP contribution in [-0.2, 0) is 21.2 Å². The molecule has 1 aliphatic rings. The molecular weight excluding hydrogens is 258 g/mol. The molecular formula is C11H17NO3S2. The first-order chi connectivity index (χ1) is 8.04. The van der Waals surface area contributed by atoms with Crippen LogP contribution in [0.2, 0.25) is 0 Å². The lowest BCUT2D eigenvalue weighted by atomic mass is 10.3. The molecule has 0 radical (unpaired) electrons. The van der Waals surface area contributed by atoms with Gasteiger partial charge in [-0.2, -0.15) is 4.31 Å². The lowest BCUT2D eigenvalue weighted by Gasteiger charge is -2.29. The maximum Gasteiger partial charge on any atom is 0.252 e. The van der Waals surface area contributed by atoms with Gasteiger partial charge < -0.3 is 4.74 Å². The van der Waals surface area contributed by atoms with Crippen molar-refractivity contribution < 1.29 is 13.2 Å². The highest BCUT2D eigenvalue weighted by molar-refractivity contribution is 7.91. The molecule has 0 amide bonds. The predicted molar refractivity (Wildman–Crippen MR) is 67.9 cm³/mol. The highest BCUT2D eigenvalue weighted by atomic mass is 32.2. The van der Waals surface area contributed by atoms with Gasteiger partial charge in [0.05, 0.1) is 12.7 Å². The summed E-state index contributed by atoms with van der Waals surface area (Å²) >= 11 is 1.36. The van der Waals surface area contributed by atoms with Crippen molar-refractivity contribution >= 4 is 21.4 Å². The molecule has 0 saturated carbocycles. The SMILES string of the molecule is CCc1ccc(S(=O)(=O)N2CCOC(C)C2)s1. The summed E-state index contributed by atoms with van der Waals surface area (Å²) < 4.78 is 32.0. The van der Waals surface area contributed by atoms with Crippen molar-refractivity contribution in [3.05, 3.63) is 17.0 Å². The number of morpholine rings is 1. The van der Waals surface area contributed by atoms with Gasteiger partial charge in [-0.15, -0.1) is 11.3 Å². The van der Waals surface area contributed by atoms with Gasteiger partial charge in [-0.3, -0.25) is 0 Å². The Morgan fingerprint density at radius 3 is 2.88 bits per heavy atom. The number of hydrogen-bond acceptors (Lipinski definition) is 4. The summed E-state index contributed by atoms with van der Waals surface area (Å²) in [7, 11) is -3.31. The summed E-state index contributed by atoms with van der Waals surface area (Å²) in [6.45, 7) is 5.30. The summed E-state index contributed by atoms with van der Waals surface area (Å²) in [5.41, 5.74) is 0.